The van der Waals surface area contributed by atoms with Crippen LogP contribution in [-0.2, 0) is 6.42 Å². The van der Waals surface area contributed by atoms with Crippen molar-refractivity contribution in [3.05, 3.63) is 42.8 Å². The number of hydrogen-bond acceptors (Lipinski definition) is 2. The molecule has 1 unspecified atom stereocenters. The number of nitrogens with zero attached hydrogens (tertiary/aromatic N) is 2. The summed E-state index contributed by atoms with van der Waals surface area (Å²) in [4.78, 5) is 16.2. The predicted molar refractivity (Wildman–Crippen MR) is 76.9 cm³/mol. The lowest BCUT2D eigenvalue weighted by Crippen LogP contribution is -2.52. The van der Waals surface area contributed by atoms with E-state index in [0.29, 0.717) is 0 Å². The molecule has 1 N–H and O–H groups in total. The zero-order chi connectivity index (χ0) is 13.7. The van der Waals surface area contributed by atoms with Crippen LogP contribution in [0.1, 0.15) is 5.56 Å². The SMILES string of the molecule is [CH2]C(Cc1ccccc1)NC(=O)N1CCN(C)CC1. The molecule has 0 saturated carbocycles. The van der Waals surface area contributed by atoms with Gasteiger partial charge in [-0.2, -0.15) is 0 Å². The second kappa shape index (κ2) is 6.57. The van der Waals surface area contributed by atoms with Crippen LogP contribution in [0.15, 0.2) is 30.3 Å². The molecule has 0 spiro atoms. The number of rotatable bonds is 3. The van der Waals surface area contributed by atoms with Crippen LogP contribution < -0.4 is 5.32 Å². The molecule has 1 aromatic carbocycles. The number of carbonyl (C=O) groups excluding carboxylic acids is 1. The van der Waals surface area contributed by atoms with Crippen LogP contribution in [0.2, 0.25) is 0 Å². The highest BCUT2D eigenvalue weighted by atomic mass is 16.2. The van der Waals surface area contributed by atoms with Gasteiger partial charge in [-0.1, -0.05) is 30.3 Å². The minimum Gasteiger partial charge on any atom is -0.335 e. The van der Waals surface area contributed by atoms with Gasteiger partial charge in [-0.3, -0.25) is 0 Å². The van der Waals surface area contributed by atoms with E-state index in [1.807, 2.05) is 23.1 Å². The van der Waals surface area contributed by atoms with Crippen molar-refractivity contribution in [3.63, 3.8) is 0 Å². The molecular weight excluding hydrogens is 238 g/mol. The van der Waals surface area contributed by atoms with Gasteiger partial charge < -0.3 is 15.1 Å². The molecule has 1 aliphatic rings. The van der Waals surface area contributed by atoms with Gasteiger partial charge in [-0.25, -0.2) is 4.79 Å². The molecule has 4 heteroatoms. The second-order valence-corrected chi connectivity index (χ2v) is 5.13. The zero-order valence-corrected chi connectivity index (χ0v) is 11.5. The van der Waals surface area contributed by atoms with Crippen LogP contribution in [0.25, 0.3) is 0 Å². The van der Waals surface area contributed by atoms with Crippen molar-refractivity contribution in [1.82, 2.24) is 15.1 Å². The maximum Gasteiger partial charge on any atom is 0.317 e. The maximum absolute atomic E-state index is 12.1. The Morgan fingerprint density at radius 2 is 1.89 bits per heavy atom. The van der Waals surface area contributed by atoms with Gasteiger partial charge in [0.05, 0.1) is 0 Å². The second-order valence-electron chi connectivity index (χ2n) is 5.13. The summed E-state index contributed by atoms with van der Waals surface area (Å²) in [6, 6.07) is 10.0. The van der Waals surface area contributed by atoms with Crippen LogP contribution >= 0.6 is 0 Å². The Kier molecular flexibility index (Phi) is 4.80. The molecule has 1 fully saturated rings. The average Bonchev–Trinajstić information content (AvgIpc) is 2.40. The van der Waals surface area contributed by atoms with E-state index in [1.54, 1.807) is 0 Å². The van der Waals surface area contributed by atoms with E-state index in [9.17, 15) is 4.79 Å². The van der Waals surface area contributed by atoms with Crippen molar-refractivity contribution in [2.75, 3.05) is 33.2 Å². The number of amides is 2. The van der Waals surface area contributed by atoms with E-state index in [0.717, 1.165) is 32.6 Å². The lowest BCUT2D eigenvalue weighted by Gasteiger charge is -2.33. The van der Waals surface area contributed by atoms with Gasteiger partial charge >= 0.3 is 6.03 Å². The third-order valence-electron chi connectivity index (χ3n) is 3.44. The van der Waals surface area contributed by atoms with E-state index in [4.69, 9.17) is 0 Å². The summed E-state index contributed by atoms with van der Waals surface area (Å²) >= 11 is 0. The number of nitrogens with one attached hydrogen (secondary N) is 1. The summed E-state index contributed by atoms with van der Waals surface area (Å²) in [6.07, 6.45) is 0.764. The highest BCUT2D eigenvalue weighted by Gasteiger charge is 2.20. The van der Waals surface area contributed by atoms with E-state index in [-0.39, 0.29) is 12.1 Å². The molecule has 1 atom stereocenters. The Bertz CT molecular complexity index is 399. The third kappa shape index (κ3) is 4.24. The molecule has 19 heavy (non-hydrogen) atoms. The van der Waals surface area contributed by atoms with Crippen LogP contribution in [0, 0.1) is 6.92 Å². The monoisotopic (exact) mass is 260 g/mol. The van der Waals surface area contributed by atoms with Gasteiger partial charge in [0.15, 0.2) is 0 Å². The van der Waals surface area contributed by atoms with E-state index >= 15 is 0 Å². The standard InChI is InChI=1S/C15H22N3O/c1-13(12-14-6-4-3-5-7-14)16-15(19)18-10-8-17(2)9-11-18/h3-7,13H,1,8-12H2,2H3,(H,16,19). The minimum absolute atomic E-state index is 0.00373. The molecule has 1 aliphatic heterocycles. The van der Waals surface area contributed by atoms with Crippen molar-refractivity contribution in [1.29, 1.82) is 0 Å². The summed E-state index contributed by atoms with van der Waals surface area (Å²) in [5.74, 6) is 0. The molecule has 103 valence electrons. The minimum atomic E-state index is -0.0884. The first-order chi connectivity index (χ1) is 9.15. The number of benzene rings is 1. The highest BCUT2D eigenvalue weighted by molar-refractivity contribution is 5.74. The first kappa shape index (κ1) is 13.9. The number of carbonyl (C=O) groups is 1. The van der Waals surface area contributed by atoms with Crippen molar-refractivity contribution in [3.8, 4) is 0 Å². The van der Waals surface area contributed by atoms with Crippen molar-refractivity contribution in [2.45, 2.75) is 12.5 Å². The largest absolute Gasteiger partial charge is 0.335 e. The Morgan fingerprint density at radius 1 is 1.26 bits per heavy atom. The van der Waals surface area contributed by atoms with Gasteiger partial charge in [0.2, 0.25) is 0 Å². The fraction of sp³-hybridized carbons (Fsp3) is 0.467. The Labute approximate surface area is 115 Å². The van der Waals surface area contributed by atoms with Gasteiger partial charge in [0.1, 0.15) is 0 Å². The fourth-order valence-electron chi connectivity index (χ4n) is 2.23. The van der Waals surface area contributed by atoms with Crippen molar-refractivity contribution >= 4 is 6.03 Å². The van der Waals surface area contributed by atoms with Gasteiger partial charge in [0.25, 0.3) is 0 Å². The Balaban J connectivity index is 1.78. The van der Waals surface area contributed by atoms with Crippen LogP contribution in [0.4, 0.5) is 4.79 Å². The molecule has 1 heterocycles. The van der Waals surface area contributed by atoms with Crippen LogP contribution in [0.3, 0.4) is 0 Å². The summed E-state index contributed by atoms with van der Waals surface area (Å²) in [5.41, 5.74) is 1.20. The summed E-state index contributed by atoms with van der Waals surface area (Å²) < 4.78 is 0. The van der Waals surface area contributed by atoms with E-state index < -0.39 is 0 Å². The van der Waals surface area contributed by atoms with Crippen LogP contribution in [0.5, 0.6) is 0 Å². The molecule has 0 aromatic heterocycles. The molecular formula is C15H22N3O. The Hall–Kier alpha value is -1.55. The first-order valence-corrected chi connectivity index (χ1v) is 6.76. The van der Waals surface area contributed by atoms with Crippen molar-refractivity contribution in [2.24, 2.45) is 0 Å². The Morgan fingerprint density at radius 3 is 2.53 bits per heavy atom. The lowest BCUT2D eigenvalue weighted by molar-refractivity contribution is 0.153. The quantitative estimate of drug-likeness (QED) is 0.891. The maximum atomic E-state index is 12.1. The first-order valence-electron chi connectivity index (χ1n) is 6.76. The zero-order valence-electron chi connectivity index (χ0n) is 11.5. The molecule has 1 saturated heterocycles. The number of hydrogen-bond donors (Lipinski definition) is 1. The smallest absolute Gasteiger partial charge is 0.317 e. The molecule has 2 amide bonds. The summed E-state index contributed by atoms with van der Waals surface area (Å²) in [5, 5.41) is 2.97. The average molecular weight is 260 g/mol. The molecule has 0 aliphatic carbocycles. The molecule has 2 rings (SSSR count). The topological polar surface area (TPSA) is 35.6 Å². The van der Waals surface area contributed by atoms with Crippen LogP contribution in [-0.4, -0.2) is 55.1 Å². The summed E-state index contributed by atoms with van der Waals surface area (Å²) in [7, 11) is 2.08. The number of likely N-dealkylation sites (N-methyl/N-ethyl adjacent to an activating group) is 1. The molecule has 1 aromatic rings. The summed E-state index contributed by atoms with van der Waals surface area (Å²) in [6.45, 7) is 7.47. The normalized spacial score (nSPS) is 18.1. The molecule has 4 nitrogen and oxygen atoms in total. The fourth-order valence-corrected chi connectivity index (χ4v) is 2.23. The lowest BCUT2D eigenvalue weighted by atomic mass is 10.1. The van der Waals surface area contributed by atoms with E-state index in [1.165, 1.54) is 5.56 Å². The van der Waals surface area contributed by atoms with Gasteiger partial charge in [-0.15, -0.1) is 0 Å². The highest BCUT2D eigenvalue weighted by Crippen LogP contribution is 2.04. The molecule has 1 radical (unpaired) electrons. The van der Waals surface area contributed by atoms with Gasteiger partial charge in [-0.05, 0) is 26.0 Å². The third-order valence-corrected chi connectivity index (χ3v) is 3.44. The van der Waals surface area contributed by atoms with Crippen molar-refractivity contribution < 1.29 is 4.79 Å². The number of urea groups is 1. The molecule has 0 bridgehead atoms. The van der Waals surface area contributed by atoms with E-state index in [2.05, 4.69) is 36.3 Å². The van der Waals surface area contributed by atoms with Gasteiger partial charge in [0, 0.05) is 32.2 Å². The predicted octanol–water partition coefficient (Wildman–Crippen LogP) is 1.39. The number of piperazine rings is 1.